The molecule has 4 aromatic rings. The topological polar surface area (TPSA) is 78.0 Å². The molecule has 1 aliphatic carbocycles. The average molecular weight is 490 g/mol. The van der Waals surface area contributed by atoms with Crippen LogP contribution in [0.1, 0.15) is 55.4 Å². The number of hydrogen-bond donors (Lipinski definition) is 1. The van der Waals surface area contributed by atoms with Gasteiger partial charge in [0.05, 0.1) is 19.3 Å². The molecule has 0 amide bonds. The largest absolute Gasteiger partial charge is 0.497 e. The summed E-state index contributed by atoms with van der Waals surface area (Å²) < 4.78 is 13.7. The quantitative estimate of drug-likeness (QED) is 0.263. The molecule has 1 aliphatic rings. The number of ether oxygens (including phenoxy) is 1. The third kappa shape index (κ3) is 5.53. The highest BCUT2D eigenvalue weighted by Crippen LogP contribution is 2.34. The Kier molecular flexibility index (Phi) is 7.37. The van der Waals surface area contributed by atoms with Crippen molar-refractivity contribution in [1.29, 1.82) is 0 Å². The van der Waals surface area contributed by atoms with E-state index in [0.29, 0.717) is 24.2 Å². The fourth-order valence-electron chi connectivity index (χ4n) is 4.55. The zero-order chi connectivity index (χ0) is 24.0. The Morgan fingerprint density at radius 2 is 1.89 bits per heavy atom. The van der Waals surface area contributed by atoms with Crippen LogP contribution >= 0.6 is 11.8 Å². The van der Waals surface area contributed by atoms with E-state index in [0.717, 1.165) is 39.4 Å². The predicted molar refractivity (Wildman–Crippen MR) is 139 cm³/mol. The molecule has 0 radical (unpaired) electrons. The summed E-state index contributed by atoms with van der Waals surface area (Å²) >= 11 is 1.68. The van der Waals surface area contributed by atoms with E-state index in [1.54, 1.807) is 18.9 Å². The number of oxazole rings is 1. The van der Waals surface area contributed by atoms with Gasteiger partial charge in [-0.2, -0.15) is 0 Å². The van der Waals surface area contributed by atoms with Gasteiger partial charge >= 0.3 is 0 Å². The van der Waals surface area contributed by atoms with Crippen LogP contribution in [0.15, 0.2) is 64.2 Å². The number of aryl methyl sites for hydroxylation is 1. The number of methoxy groups -OCH3 is 1. The SMILES string of the molecule is COc1cccc(NCc2nnc(SCc3nc(-c4ccccc4)oc3C)n2C2CCCCC2)c1. The van der Waals surface area contributed by atoms with E-state index in [-0.39, 0.29) is 0 Å². The van der Waals surface area contributed by atoms with E-state index in [1.165, 1.54) is 32.1 Å². The van der Waals surface area contributed by atoms with Gasteiger partial charge < -0.3 is 19.0 Å². The van der Waals surface area contributed by atoms with Crippen LogP contribution in [-0.4, -0.2) is 26.9 Å². The minimum absolute atomic E-state index is 0.432. The van der Waals surface area contributed by atoms with Gasteiger partial charge in [-0.15, -0.1) is 10.2 Å². The lowest BCUT2D eigenvalue weighted by Gasteiger charge is -2.25. The minimum atomic E-state index is 0.432. The van der Waals surface area contributed by atoms with Gasteiger partial charge in [-0.3, -0.25) is 0 Å². The van der Waals surface area contributed by atoms with Crippen LogP contribution in [0.5, 0.6) is 5.75 Å². The monoisotopic (exact) mass is 489 g/mol. The summed E-state index contributed by atoms with van der Waals surface area (Å²) in [4.78, 5) is 4.77. The van der Waals surface area contributed by atoms with E-state index in [1.807, 2.05) is 61.5 Å². The number of nitrogens with zero attached hydrogens (tertiary/aromatic N) is 4. The number of nitrogens with one attached hydrogen (secondary N) is 1. The van der Waals surface area contributed by atoms with E-state index < -0.39 is 0 Å². The highest BCUT2D eigenvalue weighted by molar-refractivity contribution is 7.98. The zero-order valence-corrected chi connectivity index (χ0v) is 21.1. The standard InChI is InChI=1S/C27H31N5O2S/c1-19-24(29-26(34-19)20-10-5-3-6-11-20)18-35-27-31-30-25(32(27)22-13-7-4-8-14-22)17-28-21-12-9-15-23(16-21)33-2/h3,5-6,9-12,15-16,22,28H,4,7-8,13-14,17-18H2,1-2H3. The molecule has 2 aromatic heterocycles. The van der Waals surface area contributed by atoms with Gasteiger partial charge in [0, 0.05) is 29.1 Å². The number of thioether (sulfide) groups is 1. The third-order valence-electron chi connectivity index (χ3n) is 6.45. The molecule has 0 unspecified atom stereocenters. The van der Waals surface area contributed by atoms with Gasteiger partial charge in [-0.1, -0.05) is 55.3 Å². The van der Waals surface area contributed by atoms with Crippen molar-refractivity contribution >= 4 is 17.4 Å². The normalized spacial score (nSPS) is 14.2. The summed E-state index contributed by atoms with van der Waals surface area (Å²) in [5.74, 6) is 3.99. The van der Waals surface area contributed by atoms with Crippen molar-refractivity contribution < 1.29 is 9.15 Å². The van der Waals surface area contributed by atoms with Crippen LogP contribution < -0.4 is 10.1 Å². The van der Waals surface area contributed by atoms with Gasteiger partial charge in [-0.05, 0) is 44.0 Å². The van der Waals surface area contributed by atoms with E-state index in [4.69, 9.17) is 14.1 Å². The van der Waals surface area contributed by atoms with Crippen molar-refractivity contribution in [3.05, 3.63) is 71.9 Å². The second-order valence-corrected chi connectivity index (χ2v) is 9.77. The van der Waals surface area contributed by atoms with Crippen LogP contribution in [0.2, 0.25) is 0 Å². The Morgan fingerprint density at radius 1 is 1.06 bits per heavy atom. The smallest absolute Gasteiger partial charge is 0.226 e. The highest BCUT2D eigenvalue weighted by Gasteiger charge is 2.23. The van der Waals surface area contributed by atoms with E-state index in [9.17, 15) is 0 Å². The Balaban J connectivity index is 1.34. The second kappa shape index (κ2) is 11.0. The Hall–Kier alpha value is -3.26. The number of rotatable bonds is 9. The molecule has 1 N–H and O–H groups in total. The van der Waals surface area contributed by atoms with Crippen molar-refractivity contribution in [2.24, 2.45) is 0 Å². The van der Waals surface area contributed by atoms with Crippen molar-refractivity contribution in [3.63, 3.8) is 0 Å². The first-order valence-electron chi connectivity index (χ1n) is 12.2. The summed E-state index contributed by atoms with van der Waals surface area (Å²) in [6.45, 7) is 2.59. The minimum Gasteiger partial charge on any atom is -0.497 e. The molecule has 0 saturated heterocycles. The lowest BCUT2D eigenvalue weighted by Crippen LogP contribution is -2.18. The van der Waals surface area contributed by atoms with Gasteiger partial charge in [0.1, 0.15) is 11.5 Å². The number of aromatic nitrogens is 4. The van der Waals surface area contributed by atoms with Crippen LogP contribution in [-0.2, 0) is 12.3 Å². The van der Waals surface area contributed by atoms with Crippen LogP contribution in [0, 0.1) is 6.92 Å². The maximum Gasteiger partial charge on any atom is 0.226 e. The molecule has 1 saturated carbocycles. The fourth-order valence-corrected chi connectivity index (χ4v) is 5.57. The third-order valence-corrected chi connectivity index (χ3v) is 7.40. The molecular weight excluding hydrogens is 458 g/mol. The van der Waals surface area contributed by atoms with Gasteiger partial charge in [0.15, 0.2) is 11.0 Å². The second-order valence-electron chi connectivity index (χ2n) is 8.82. The molecule has 0 aliphatic heterocycles. The van der Waals surface area contributed by atoms with Crippen molar-refractivity contribution in [3.8, 4) is 17.2 Å². The molecule has 0 spiro atoms. The maximum atomic E-state index is 5.96. The van der Waals surface area contributed by atoms with Crippen molar-refractivity contribution in [2.75, 3.05) is 12.4 Å². The van der Waals surface area contributed by atoms with Crippen LogP contribution in [0.3, 0.4) is 0 Å². The number of hydrogen-bond acceptors (Lipinski definition) is 7. The number of benzene rings is 2. The van der Waals surface area contributed by atoms with Crippen LogP contribution in [0.4, 0.5) is 5.69 Å². The van der Waals surface area contributed by atoms with E-state index >= 15 is 0 Å². The molecule has 2 aromatic carbocycles. The van der Waals surface area contributed by atoms with Gasteiger partial charge in [-0.25, -0.2) is 4.98 Å². The van der Waals surface area contributed by atoms with Crippen LogP contribution in [0.25, 0.3) is 11.5 Å². The molecule has 35 heavy (non-hydrogen) atoms. The molecule has 1 fully saturated rings. The Bertz CT molecular complexity index is 1250. The first-order chi connectivity index (χ1) is 17.2. The summed E-state index contributed by atoms with van der Waals surface area (Å²) in [5.41, 5.74) is 2.94. The summed E-state index contributed by atoms with van der Waals surface area (Å²) in [6.07, 6.45) is 6.13. The molecule has 7 nitrogen and oxygen atoms in total. The predicted octanol–water partition coefficient (Wildman–Crippen LogP) is 6.66. The zero-order valence-electron chi connectivity index (χ0n) is 20.2. The first kappa shape index (κ1) is 23.5. The summed E-state index contributed by atoms with van der Waals surface area (Å²) in [6, 6.07) is 18.4. The van der Waals surface area contributed by atoms with Gasteiger partial charge in [0.2, 0.25) is 5.89 Å². The van der Waals surface area contributed by atoms with Crippen molar-refractivity contribution in [2.45, 2.75) is 62.5 Å². The lowest BCUT2D eigenvalue weighted by molar-refractivity contribution is 0.330. The molecule has 0 atom stereocenters. The van der Waals surface area contributed by atoms with Crippen molar-refractivity contribution in [1.82, 2.24) is 19.7 Å². The molecule has 0 bridgehead atoms. The molecule has 182 valence electrons. The first-order valence-corrected chi connectivity index (χ1v) is 13.2. The number of anilines is 1. The molecule has 5 rings (SSSR count). The molecule has 2 heterocycles. The Morgan fingerprint density at radius 3 is 2.69 bits per heavy atom. The molecular formula is C27H31N5O2S. The summed E-state index contributed by atoms with van der Waals surface area (Å²) in [5, 5.41) is 13.6. The highest BCUT2D eigenvalue weighted by atomic mass is 32.2. The van der Waals surface area contributed by atoms with E-state index in [2.05, 4.69) is 20.1 Å². The lowest BCUT2D eigenvalue weighted by atomic mass is 9.95. The van der Waals surface area contributed by atoms with Gasteiger partial charge in [0.25, 0.3) is 0 Å². The Labute approximate surface area is 210 Å². The maximum absolute atomic E-state index is 5.96. The fraction of sp³-hybridized carbons (Fsp3) is 0.370. The summed E-state index contributed by atoms with van der Waals surface area (Å²) in [7, 11) is 1.68. The average Bonchev–Trinajstić information content (AvgIpc) is 3.50. The molecule has 8 heteroatoms.